The number of hydrogen-bond donors (Lipinski definition) is 2. The van der Waals surface area contributed by atoms with Gasteiger partial charge in [-0.25, -0.2) is 0 Å². The van der Waals surface area contributed by atoms with Crippen LogP contribution in [0.25, 0.3) is 0 Å². The summed E-state index contributed by atoms with van der Waals surface area (Å²) in [6, 6.07) is 15.7. The predicted octanol–water partition coefficient (Wildman–Crippen LogP) is 3.28. The summed E-state index contributed by atoms with van der Waals surface area (Å²) in [5.74, 6) is 0.696. The topological polar surface area (TPSA) is 41.5 Å². The van der Waals surface area contributed by atoms with Crippen LogP contribution in [0.5, 0.6) is 5.75 Å². The Hall–Kier alpha value is -1.36. The molecule has 0 spiro atoms. The third-order valence-corrected chi connectivity index (χ3v) is 3.55. The fourth-order valence-corrected chi connectivity index (χ4v) is 2.40. The normalized spacial score (nSPS) is 12.2. The lowest BCUT2D eigenvalue weighted by Crippen LogP contribution is -2.21. The molecule has 106 valence electrons. The molecule has 1 atom stereocenters. The molecule has 0 saturated carbocycles. The molecule has 0 amide bonds. The van der Waals surface area contributed by atoms with Gasteiger partial charge in [0, 0.05) is 23.1 Å². The fourth-order valence-electron chi connectivity index (χ4n) is 2.02. The average molecular weight is 336 g/mol. The van der Waals surface area contributed by atoms with Gasteiger partial charge < -0.3 is 15.2 Å². The Labute approximate surface area is 127 Å². The van der Waals surface area contributed by atoms with Crippen LogP contribution in [0.4, 0.5) is 0 Å². The van der Waals surface area contributed by atoms with Crippen molar-refractivity contribution in [2.24, 2.45) is 0 Å². The van der Waals surface area contributed by atoms with Gasteiger partial charge in [-0.05, 0) is 23.8 Å². The Balaban J connectivity index is 1.95. The van der Waals surface area contributed by atoms with Crippen LogP contribution >= 0.6 is 15.9 Å². The Morgan fingerprint density at radius 1 is 1.20 bits per heavy atom. The van der Waals surface area contributed by atoms with Gasteiger partial charge in [0.05, 0.1) is 13.2 Å². The van der Waals surface area contributed by atoms with Gasteiger partial charge in [0.2, 0.25) is 0 Å². The number of rotatable bonds is 6. The van der Waals surface area contributed by atoms with E-state index >= 15 is 0 Å². The maximum Gasteiger partial charge on any atom is 0.124 e. The molecule has 0 bridgehead atoms. The highest BCUT2D eigenvalue weighted by Crippen LogP contribution is 2.28. The first-order chi connectivity index (χ1) is 9.70. The van der Waals surface area contributed by atoms with Gasteiger partial charge in [-0.15, -0.1) is 0 Å². The van der Waals surface area contributed by atoms with Crippen molar-refractivity contribution in [1.82, 2.24) is 5.32 Å². The molecule has 2 N–H and O–H groups in total. The van der Waals surface area contributed by atoms with Crippen LogP contribution in [0.15, 0.2) is 53.0 Å². The smallest absolute Gasteiger partial charge is 0.124 e. The molecule has 0 fully saturated rings. The molecule has 20 heavy (non-hydrogen) atoms. The minimum absolute atomic E-state index is 0.474. The molecule has 4 heteroatoms. The molecule has 0 aliphatic carbocycles. The highest BCUT2D eigenvalue weighted by atomic mass is 79.9. The summed E-state index contributed by atoms with van der Waals surface area (Å²) in [5.41, 5.74) is 1.98. The molecule has 0 unspecified atom stereocenters. The van der Waals surface area contributed by atoms with Crippen molar-refractivity contribution in [1.29, 1.82) is 0 Å². The first kappa shape index (κ1) is 15.0. The van der Waals surface area contributed by atoms with Crippen LogP contribution in [0.1, 0.15) is 17.2 Å². The third kappa shape index (κ3) is 4.07. The van der Waals surface area contributed by atoms with Crippen molar-refractivity contribution >= 4 is 15.9 Å². The first-order valence-electron chi connectivity index (χ1n) is 6.47. The van der Waals surface area contributed by atoms with E-state index in [0.717, 1.165) is 16.6 Å². The number of ether oxygens (including phenoxy) is 1. The van der Waals surface area contributed by atoms with Crippen LogP contribution in [0.2, 0.25) is 0 Å². The van der Waals surface area contributed by atoms with Crippen LogP contribution in [0.3, 0.4) is 0 Å². The highest BCUT2D eigenvalue weighted by Gasteiger charge is 2.13. The lowest BCUT2D eigenvalue weighted by molar-refractivity contribution is 0.170. The first-order valence-corrected chi connectivity index (χ1v) is 7.26. The summed E-state index contributed by atoms with van der Waals surface area (Å²) in [4.78, 5) is 0. The third-order valence-electron chi connectivity index (χ3n) is 3.06. The van der Waals surface area contributed by atoms with Gasteiger partial charge in [0.1, 0.15) is 5.75 Å². The molecule has 0 heterocycles. The highest BCUT2D eigenvalue weighted by molar-refractivity contribution is 9.10. The molecule has 3 nitrogen and oxygen atoms in total. The molecular weight excluding hydrogens is 318 g/mol. The molecule has 0 saturated heterocycles. The predicted molar refractivity (Wildman–Crippen MR) is 83.8 cm³/mol. The van der Waals surface area contributed by atoms with Gasteiger partial charge in [-0.3, -0.25) is 0 Å². The van der Waals surface area contributed by atoms with Crippen molar-refractivity contribution in [2.45, 2.75) is 12.6 Å². The molecule has 2 aromatic rings. The second-order valence-electron chi connectivity index (χ2n) is 4.52. The number of nitrogens with one attached hydrogen (secondary N) is 1. The van der Waals surface area contributed by atoms with Gasteiger partial charge in [0.15, 0.2) is 0 Å². The summed E-state index contributed by atoms with van der Waals surface area (Å²) in [6.07, 6.45) is -0.605. The summed E-state index contributed by atoms with van der Waals surface area (Å²) in [6.45, 7) is 1.20. The molecule has 0 radical (unpaired) electrons. The average Bonchev–Trinajstić information content (AvgIpc) is 2.48. The summed E-state index contributed by atoms with van der Waals surface area (Å²) in [5, 5.41) is 13.5. The van der Waals surface area contributed by atoms with Gasteiger partial charge in [-0.1, -0.05) is 46.3 Å². The van der Waals surface area contributed by atoms with Crippen LogP contribution in [-0.4, -0.2) is 18.8 Å². The van der Waals surface area contributed by atoms with E-state index < -0.39 is 6.10 Å². The van der Waals surface area contributed by atoms with Crippen LogP contribution in [0, 0.1) is 0 Å². The number of aliphatic hydroxyl groups is 1. The second-order valence-corrected chi connectivity index (χ2v) is 5.43. The van der Waals surface area contributed by atoms with E-state index in [-0.39, 0.29) is 0 Å². The quantitative estimate of drug-likeness (QED) is 0.851. The van der Waals surface area contributed by atoms with Crippen LogP contribution in [-0.2, 0) is 6.54 Å². The van der Waals surface area contributed by atoms with E-state index in [1.807, 2.05) is 36.4 Å². The zero-order valence-corrected chi connectivity index (χ0v) is 12.9. The number of hydrogen-bond acceptors (Lipinski definition) is 3. The number of methoxy groups -OCH3 is 1. The second kappa shape index (κ2) is 7.43. The van der Waals surface area contributed by atoms with E-state index in [0.29, 0.717) is 12.3 Å². The van der Waals surface area contributed by atoms with Gasteiger partial charge in [-0.2, -0.15) is 0 Å². The van der Waals surface area contributed by atoms with E-state index in [4.69, 9.17) is 4.74 Å². The van der Waals surface area contributed by atoms with E-state index in [9.17, 15) is 5.11 Å². The van der Waals surface area contributed by atoms with E-state index in [1.165, 1.54) is 5.56 Å². The number of aliphatic hydroxyl groups excluding tert-OH is 1. The van der Waals surface area contributed by atoms with Crippen molar-refractivity contribution in [3.8, 4) is 5.75 Å². The lowest BCUT2D eigenvalue weighted by Gasteiger charge is -2.16. The lowest BCUT2D eigenvalue weighted by atomic mass is 10.1. The summed E-state index contributed by atoms with van der Waals surface area (Å²) >= 11 is 3.41. The Morgan fingerprint density at radius 3 is 2.65 bits per heavy atom. The minimum Gasteiger partial charge on any atom is -0.496 e. The Bertz CT molecular complexity index is 545. The molecule has 0 aromatic heterocycles. The van der Waals surface area contributed by atoms with E-state index in [2.05, 4.69) is 33.4 Å². The largest absolute Gasteiger partial charge is 0.496 e. The molecule has 0 aliphatic rings. The number of halogens is 1. The Morgan fingerprint density at radius 2 is 1.95 bits per heavy atom. The van der Waals surface area contributed by atoms with Crippen molar-refractivity contribution < 1.29 is 9.84 Å². The van der Waals surface area contributed by atoms with Crippen LogP contribution < -0.4 is 10.1 Å². The number of benzene rings is 2. The molecule has 0 aliphatic heterocycles. The maximum atomic E-state index is 10.3. The SMILES string of the molecule is COc1ccc(Br)cc1[C@H](O)CNCc1ccccc1. The maximum absolute atomic E-state index is 10.3. The van der Waals surface area contributed by atoms with Crippen molar-refractivity contribution in [3.63, 3.8) is 0 Å². The summed E-state index contributed by atoms with van der Waals surface area (Å²) in [7, 11) is 1.61. The molecule has 2 aromatic carbocycles. The van der Waals surface area contributed by atoms with Crippen molar-refractivity contribution in [2.75, 3.05) is 13.7 Å². The fraction of sp³-hybridized carbons (Fsp3) is 0.250. The summed E-state index contributed by atoms with van der Waals surface area (Å²) < 4.78 is 6.20. The zero-order chi connectivity index (χ0) is 14.4. The monoisotopic (exact) mass is 335 g/mol. The molecule has 2 rings (SSSR count). The van der Waals surface area contributed by atoms with E-state index in [1.54, 1.807) is 7.11 Å². The minimum atomic E-state index is -0.605. The standard InChI is InChI=1S/C16H18BrNO2/c1-20-16-8-7-13(17)9-14(16)15(19)11-18-10-12-5-3-2-4-6-12/h2-9,15,18-19H,10-11H2,1H3/t15-/m1/s1. The Kier molecular flexibility index (Phi) is 5.59. The zero-order valence-electron chi connectivity index (χ0n) is 11.3. The van der Waals surface area contributed by atoms with Gasteiger partial charge >= 0.3 is 0 Å². The van der Waals surface area contributed by atoms with Gasteiger partial charge in [0.25, 0.3) is 0 Å². The van der Waals surface area contributed by atoms with Crippen molar-refractivity contribution in [3.05, 3.63) is 64.1 Å². The molecular formula is C16H18BrNO2.